The molecule has 1 aromatic carbocycles. The lowest BCUT2D eigenvalue weighted by Gasteiger charge is -2.17. The Morgan fingerprint density at radius 3 is 2.58 bits per heavy atom. The van der Waals surface area contributed by atoms with E-state index in [9.17, 15) is 4.79 Å². The third-order valence-electron chi connectivity index (χ3n) is 2.96. The van der Waals surface area contributed by atoms with Gasteiger partial charge in [-0.25, -0.2) is 0 Å². The van der Waals surface area contributed by atoms with Crippen LogP contribution in [0.1, 0.15) is 30.6 Å². The highest BCUT2D eigenvalue weighted by Crippen LogP contribution is 2.19. The normalized spacial score (nSPS) is 10.8. The third-order valence-corrected chi connectivity index (χ3v) is 3.63. The van der Waals surface area contributed by atoms with Crippen molar-refractivity contribution in [3.8, 4) is 0 Å². The first-order valence-corrected chi connectivity index (χ1v) is 7.70. The van der Waals surface area contributed by atoms with Crippen molar-refractivity contribution in [3.63, 3.8) is 0 Å². The zero-order valence-corrected chi connectivity index (χ0v) is 13.7. The molecule has 0 saturated carbocycles. The lowest BCUT2D eigenvalue weighted by Crippen LogP contribution is -2.29. The van der Waals surface area contributed by atoms with Crippen LogP contribution in [0.15, 0.2) is 22.7 Å². The fourth-order valence-electron chi connectivity index (χ4n) is 1.83. The molecule has 0 aliphatic heterocycles. The number of nitrogens with zero attached hydrogens (tertiary/aromatic N) is 1. The minimum atomic E-state index is -0.0808. The van der Waals surface area contributed by atoms with Crippen molar-refractivity contribution in [2.75, 3.05) is 26.2 Å². The molecule has 0 spiro atoms. The molecule has 1 rings (SSSR count). The summed E-state index contributed by atoms with van der Waals surface area (Å²) in [5.74, 6) is -0.0808. The summed E-state index contributed by atoms with van der Waals surface area (Å²) < 4.78 is 0.813. The number of amides is 1. The maximum absolute atomic E-state index is 11.9. The maximum Gasteiger partial charge on any atom is 0.251 e. The molecule has 0 unspecified atom stereocenters. The highest BCUT2D eigenvalue weighted by atomic mass is 79.9. The number of nitrogens with one attached hydrogen (secondary N) is 1. The summed E-state index contributed by atoms with van der Waals surface area (Å²) in [5.41, 5.74) is 0.585. The standard InChI is InChI=1S/C14H20BrClN2O/c1-3-18(4-2)7-5-6-17-14(19)11-8-12(15)10-13(16)9-11/h8-10H,3-7H2,1-2H3,(H,17,19). The molecule has 3 nitrogen and oxygen atoms in total. The van der Waals surface area contributed by atoms with Crippen molar-refractivity contribution >= 4 is 33.4 Å². The van der Waals surface area contributed by atoms with Crippen molar-refractivity contribution in [1.82, 2.24) is 10.2 Å². The molecular formula is C14H20BrClN2O. The zero-order chi connectivity index (χ0) is 14.3. The minimum Gasteiger partial charge on any atom is -0.352 e. The van der Waals surface area contributed by atoms with E-state index in [1.807, 2.05) is 0 Å². The van der Waals surface area contributed by atoms with Crippen LogP contribution in [0, 0.1) is 0 Å². The first kappa shape index (κ1) is 16.5. The molecule has 0 heterocycles. The lowest BCUT2D eigenvalue weighted by molar-refractivity contribution is 0.0952. The molecule has 1 aromatic rings. The van der Waals surface area contributed by atoms with E-state index in [2.05, 4.69) is 40.0 Å². The van der Waals surface area contributed by atoms with Gasteiger partial charge in [0.2, 0.25) is 0 Å². The van der Waals surface area contributed by atoms with Gasteiger partial charge in [0.05, 0.1) is 0 Å². The van der Waals surface area contributed by atoms with Gasteiger partial charge in [0.15, 0.2) is 0 Å². The molecule has 19 heavy (non-hydrogen) atoms. The SMILES string of the molecule is CCN(CC)CCCNC(=O)c1cc(Cl)cc(Br)c1. The Labute approximate surface area is 128 Å². The van der Waals surface area contributed by atoms with Gasteiger partial charge in [0.1, 0.15) is 0 Å². The molecule has 0 saturated heterocycles. The van der Waals surface area contributed by atoms with Crippen LogP contribution in [0.2, 0.25) is 5.02 Å². The molecule has 106 valence electrons. The van der Waals surface area contributed by atoms with E-state index in [4.69, 9.17) is 11.6 Å². The van der Waals surface area contributed by atoms with E-state index in [1.54, 1.807) is 18.2 Å². The number of carbonyl (C=O) groups excluding carboxylic acids is 1. The van der Waals surface area contributed by atoms with Gasteiger partial charge < -0.3 is 10.2 Å². The number of benzene rings is 1. The average Bonchev–Trinajstić information content (AvgIpc) is 2.37. The van der Waals surface area contributed by atoms with Crippen LogP contribution in [0.25, 0.3) is 0 Å². The summed E-state index contributed by atoms with van der Waals surface area (Å²) in [5, 5.41) is 3.47. The molecule has 0 atom stereocenters. The van der Waals surface area contributed by atoms with Crippen LogP contribution >= 0.6 is 27.5 Å². The van der Waals surface area contributed by atoms with E-state index < -0.39 is 0 Å². The summed E-state index contributed by atoms with van der Waals surface area (Å²) in [6, 6.07) is 5.20. The smallest absolute Gasteiger partial charge is 0.251 e. The van der Waals surface area contributed by atoms with Crippen LogP contribution in [-0.4, -0.2) is 37.0 Å². The highest BCUT2D eigenvalue weighted by molar-refractivity contribution is 9.10. The third kappa shape index (κ3) is 5.93. The van der Waals surface area contributed by atoms with Gasteiger partial charge in [0, 0.05) is 21.6 Å². The predicted molar refractivity (Wildman–Crippen MR) is 83.9 cm³/mol. The molecule has 0 bridgehead atoms. The average molecular weight is 348 g/mol. The van der Waals surface area contributed by atoms with Crippen LogP contribution in [0.4, 0.5) is 0 Å². The number of hydrogen-bond acceptors (Lipinski definition) is 2. The second-order valence-corrected chi connectivity index (χ2v) is 5.65. The molecule has 0 aliphatic carbocycles. The highest BCUT2D eigenvalue weighted by Gasteiger charge is 2.07. The second-order valence-electron chi connectivity index (χ2n) is 4.29. The minimum absolute atomic E-state index is 0.0808. The summed E-state index contributed by atoms with van der Waals surface area (Å²) in [7, 11) is 0. The Morgan fingerprint density at radius 1 is 1.32 bits per heavy atom. The van der Waals surface area contributed by atoms with Gasteiger partial charge in [-0.3, -0.25) is 4.79 Å². The van der Waals surface area contributed by atoms with Gasteiger partial charge >= 0.3 is 0 Å². The fraction of sp³-hybridized carbons (Fsp3) is 0.500. The fourth-order valence-corrected chi connectivity index (χ4v) is 2.69. The van der Waals surface area contributed by atoms with Crippen molar-refractivity contribution < 1.29 is 4.79 Å². The summed E-state index contributed by atoms with van der Waals surface area (Å²) in [4.78, 5) is 14.3. The quantitative estimate of drug-likeness (QED) is 0.765. The van der Waals surface area contributed by atoms with Gasteiger partial charge in [-0.05, 0) is 44.3 Å². The van der Waals surface area contributed by atoms with E-state index in [0.717, 1.165) is 30.5 Å². The van der Waals surface area contributed by atoms with E-state index in [-0.39, 0.29) is 5.91 Å². The molecule has 5 heteroatoms. The van der Waals surface area contributed by atoms with Crippen molar-refractivity contribution in [3.05, 3.63) is 33.3 Å². The van der Waals surface area contributed by atoms with E-state index in [0.29, 0.717) is 17.1 Å². The Hall–Kier alpha value is -0.580. The summed E-state index contributed by atoms with van der Waals surface area (Å²) in [6.45, 7) is 8.07. The summed E-state index contributed by atoms with van der Waals surface area (Å²) >= 11 is 9.25. The molecule has 1 N–H and O–H groups in total. The van der Waals surface area contributed by atoms with Gasteiger partial charge in [-0.2, -0.15) is 0 Å². The van der Waals surface area contributed by atoms with Crippen molar-refractivity contribution in [1.29, 1.82) is 0 Å². The monoisotopic (exact) mass is 346 g/mol. The van der Waals surface area contributed by atoms with Crippen LogP contribution in [-0.2, 0) is 0 Å². The number of hydrogen-bond donors (Lipinski definition) is 1. The maximum atomic E-state index is 11.9. The molecule has 0 aromatic heterocycles. The van der Waals surface area contributed by atoms with Crippen LogP contribution in [0.5, 0.6) is 0 Å². The van der Waals surface area contributed by atoms with Crippen molar-refractivity contribution in [2.45, 2.75) is 20.3 Å². The van der Waals surface area contributed by atoms with Crippen LogP contribution < -0.4 is 5.32 Å². The lowest BCUT2D eigenvalue weighted by atomic mass is 10.2. The summed E-state index contributed by atoms with van der Waals surface area (Å²) in [6.07, 6.45) is 0.954. The molecule has 1 amide bonds. The first-order chi connectivity index (χ1) is 9.06. The van der Waals surface area contributed by atoms with E-state index in [1.165, 1.54) is 0 Å². The molecule has 0 fully saturated rings. The second kappa shape index (κ2) is 8.56. The molecule has 0 radical (unpaired) electrons. The Kier molecular flexibility index (Phi) is 7.42. The number of halogens is 2. The number of carbonyl (C=O) groups is 1. The largest absolute Gasteiger partial charge is 0.352 e. The first-order valence-electron chi connectivity index (χ1n) is 6.53. The Morgan fingerprint density at radius 2 is 2.00 bits per heavy atom. The van der Waals surface area contributed by atoms with Gasteiger partial charge in [-0.15, -0.1) is 0 Å². The topological polar surface area (TPSA) is 32.3 Å². The Balaban J connectivity index is 2.39. The van der Waals surface area contributed by atoms with Crippen LogP contribution in [0.3, 0.4) is 0 Å². The predicted octanol–water partition coefficient (Wildman–Crippen LogP) is 3.56. The zero-order valence-electron chi connectivity index (χ0n) is 11.4. The molecule has 0 aliphatic rings. The van der Waals surface area contributed by atoms with Crippen molar-refractivity contribution in [2.24, 2.45) is 0 Å². The Bertz CT molecular complexity index is 402. The van der Waals surface area contributed by atoms with Gasteiger partial charge in [-0.1, -0.05) is 41.4 Å². The molecular weight excluding hydrogens is 328 g/mol. The van der Waals surface area contributed by atoms with E-state index >= 15 is 0 Å². The number of rotatable bonds is 7. The van der Waals surface area contributed by atoms with Gasteiger partial charge in [0.25, 0.3) is 5.91 Å².